The molecule has 1 heterocycles. The summed E-state index contributed by atoms with van der Waals surface area (Å²) in [5.74, 6) is 0. The molecule has 1 aromatic heterocycles. The van der Waals surface area contributed by atoms with E-state index in [0.717, 1.165) is 27.8 Å². The van der Waals surface area contributed by atoms with Gasteiger partial charge >= 0.3 is 0 Å². The lowest BCUT2D eigenvalue weighted by atomic mass is 9.99. The van der Waals surface area contributed by atoms with Gasteiger partial charge in [0.2, 0.25) is 0 Å². The van der Waals surface area contributed by atoms with Crippen molar-refractivity contribution in [3.8, 4) is 11.3 Å². The maximum Gasteiger partial charge on any atom is 0.167 e. The Bertz CT molecular complexity index is 686. The third-order valence-electron chi connectivity index (χ3n) is 3.04. The quantitative estimate of drug-likeness (QED) is 0.743. The molecule has 18 heavy (non-hydrogen) atoms. The van der Waals surface area contributed by atoms with Crippen molar-refractivity contribution in [2.24, 2.45) is 0 Å². The Labute approximate surface area is 105 Å². The third-order valence-corrected chi connectivity index (χ3v) is 3.04. The van der Waals surface area contributed by atoms with Crippen LogP contribution in [0.2, 0.25) is 0 Å². The van der Waals surface area contributed by atoms with E-state index in [9.17, 15) is 5.11 Å². The first-order valence-electron chi connectivity index (χ1n) is 5.89. The summed E-state index contributed by atoms with van der Waals surface area (Å²) < 4.78 is 5.31. The highest BCUT2D eigenvalue weighted by atomic mass is 16.5. The zero-order valence-electron chi connectivity index (χ0n) is 10.00. The number of rotatable bonds is 2. The van der Waals surface area contributed by atoms with Crippen molar-refractivity contribution in [3.05, 3.63) is 54.1 Å². The Morgan fingerprint density at radius 3 is 2.61 bits per heavy atom. The van der Waals surface area contributed by atoms with E-state index >= 15 is 0 Å². The van der Waals surface area contributed by atoms with Gasteiger partial charge in [-0.05, 0) is 24.6 Å². The molecule has 3 heteroatoms. The lowest BCUT2D eigenvalue weighted by Crippen LogP contribution is -1.94. The number of nitrogens with zero attached hydrogens (tertiary/aromatic N) is 1. The van der Waals surface area contributed by atoms with E-state index in [1.165, 1.54) is 0 Å². The molecule has 1 atom stereocenters. The normalized spacial score (nSPS) is 12.8. The minimum atomic E-state index is -0.531. The minimum absolute atomic E-state index is 0.531. The highest BCUT2D eigenvalue weighted by molar-refractivity contribution is 5.92. The van der Waals surface area contributed by atoms with Crippen molar-refractivity contribution in [2.45, 2.75) is 13.0 Å². The molecule has 0 amide bonds. The van der Waals surface area contributed by atoms with Crippen LogP contribution >= 0.6 is 0 Å². The molecule has 0 fully saturated rings. The molecule has 3 aromatic rings. The van der Waals surface area contributed by atoms with Crippen molar-refractivity contribution in [2.75, 3.05) is 0 Å². The van der Waals surface area contributed by atoms with E-state index in [0.29, 0.717) is 0 Å². The number of hydrogen-bond donors (Lipinski definition) is 1. The van der Waals surface area contributed by atoms with E-state index < -0.39 is 6.10 Å². The molecule has 2 aromatic carbocycles. The number of para-hydroxylation sites is 1. The summed E-state index contributed by atoms with van der Waals surface area (Å²) in [5.41, 5.74) is 3.31. The van der Waals surface area contributed by atoms with Gasteiger partial charge in [-0.15, -0.1) is 0 Å². The second-order valence-corrected chi connectivity index (χ2v) is 4.29. The van der Waals surface area contributed by atoms with E-state index in [1.807, 2.05) is 48.5 Å². The van der Waals surface area contributed by atoms with Crippen LogP contribution < -0.4 is 0 Å². The fraction of sp³-hybridized carbons (Fsp3) is 0.133. The van der Waals surface area contributed by atoms with E-state index in [2.05, 4.69) is 5.16 Å². The Kier molecular flexibility index (Phi) is 2.61. The molecule has 0 radical (unpaired) electrons. The first-order valence-corrected chi connectivity index (χ1v) is 5.89. The van der Waals surface area contributed by atoms with Gasteiger partial charge in [0, 0.05) is 10.9 Å². The van der Waals surface area contributed by atoms with Gasteiger partial charge in [-0.3, -0.25) is 0 Å². The molecular formula is C15H13NO2. The number of fused-ring (bicyclic) bond motifs is 1. The molecule has 0 saturated heterocycles. The zero-order valence-corrected chi connectivity index (χ0v) is 10.00. The molecule has 3 nitrogen and oxygen atoms in total. The molecular weight excluding hydrogens is 226 g/mol. The smallest absolute Gasteiger partial charge is 0.167 e. The largest absolute Gasteiger partial charge is 0.389 e. The Morgan fingerprint density at radius 2 is 1.78 bits per heavy atom. The van der Waals surface area contributed by atoms with Crippen LogP contribution in [0.3, 0.4) is 0 Å². The van der Waals surface area contributed by atoms with Crippen molar-refractivity contribution >= 4 is 11.0 Å². The van der Waals surface area contributed by atoms with Gasteiger partial charge in [-0.25, -0.2) is 0 Å². The fourth-order valence-corrected chi connectivity index (χ4v) is 2.16. The molecule has 0 saturated carbocycles. The third kappa shape index (κ3) is 1.69. The molecule has 0 spiro atoms. The molecule has 0 bridgehead atoms. The van der Waals surface area contributed by atoms with E-state index in [1.54, 1.807) is 6.92 Å². The Hall–Kier alpha value is -2.13. The van der Waals surface area contributed by atoms with Gasteiger partial charge in [-0.1, -0.05) is 41.6 Å². The number of hydrogen-bond acceptors (Lipinski definition) is 3. The van der Waals surface area contributed by atoms with Crippen LogP contribution in [0.4, 0.5) is 0 Å². The van der Waals surface area contributed by atoms with Crippen molar-refractivity contribution < 1.29 is 9.63 Å². The average Bonchev–Trinajstić information content (AvgIpc) is 2.82. The first-order chi connectivity index (χ1) is 8.77. The van der Waals surface area contributed by atoms with Crippen molar-refractivity contribution in [3.63, 3.8) is 0 Å². The van der Waals surface area contributed by atoms with Crippen LogP contribution in [0.25, 0.3) is 22.2 Å². The summed E-state index contributed by atoms with van der Waals surface area (Å²) in [6.45, 7) is 1.75. The maximum absolute atomic E-state index is 9.82. The summed E-state index contributed by atoms with van der Waals surface area (Å²) in [7, 11) is 0. The van der Waals surface area contributed by atoms with Crippen LogP contribution in [0.1, 0.15) is 18.6 Å². The maximum atomic E-state index is 9.82. The number of aromatic nitrogens is 1. The molecule has 1 N–H and O–H groups in total. The van der Waals surface area contributed by atoms with Crippen LogP contribution in [0.15, 0.2) is 53.1 Å². The van der Waals surface area contributed by atoms with Gasteiger partial charge in [0.05, 0.1) is 6.10 Å². The summed E-state index contributed by atoms with van der Waals surface area (Å²) in [6, 6.07) is 15.4. The van der Waals surface area contributed by atoms with Crippen molar-refractivity contribution in [1.29, 1.82) is 0 Å². The fourth-order valence-electron chi connectivity index (χ4n) is 2.16. The summed E-state index contributed by atoms with van der Waals surface area (Å²) >= 11 is 0. The standard InChI is InChI=1S/C15H13NO2/c1-10(17)11-6-2-3-7-12(11)15-13-8-4-5-9-14(13)18-16-15/h2-10,17H,1H3. The number of aliphatic hydroxyl groups excluding tert-OH is 1. The SMILES string of the molecule is CC(O)c1ccccc1-c1noc2ccccc12. The molecule has 0 aliphatic heterocycles. The predicted octanol–water partition coefficient (Wildman–Crippen LogP) is 3.55. The second-order valence-electron chi connectivity index (χ2n) is 4.29. The molecule has 3 rings (SSSR count). The van der Waals surface area contributed by atoms with Gasteiger partial charge in [0.1, 0.15) is 5.69 Å². The lowest BCUT2D eigenvalue weighted by molar-refractivity contribution is 0.200. The summed E-state index contributed by atoms with van der Waals surface area (Å²) in [6.07, 6.45) is -0.531. The van der Waals surface area contributed by atoms with Crippen LogP contribution in [0.5, 0.6) is 0 Å². The van der Waals surface area contributed by atoms with Gasteiger partial charge in [0.25, 0.3) is 0 Å². The predicted molar refractivity (Wildman–Crippen MR) is 70.1 cm³/mol. The summed E-state index contributed by atoms with van der Waals surface area (Å²) in [5, 5.41) is 14.9. The monoisotopic (exact) mass is 239 g/mol. The van der Waals surface area contributed by atoms with Crippen LogP contribution in [-0.2, 0) is 0 Å². The first kappa shape index (κ1) is 11.0. The molecule has 0 aliphatic rings. The number of aliphatic hydroxyl groups is 1. The molecule has 0 aliphatic carbocycles. The highest BCUT2D eigenvalue weighted by Crippen LogP contribution is 2.32. The summed E-state index contributed by atoms with van der Waals surface area (Å²) in [4.78, 5) is 0. The minimum Gasteiger partial charge on any atom is -0.389 e. The second kappa shape index (κ2) is 4.27. The lowest BCUT2D eigenvalue weighted by Gasteiger charge is -2.09. The molecule has 1 unspecified atom stereocenters. The Morgan fingerprint density at radius 1 is 1.06 bits per heavy atom. The Balaban J connectivity index is 2.27. The van der Waals surface area contributed by atoms with E-state index in [4.69, 9.17) is 4.52 Å². The molecule has 90 valence electrons. The van der Waals surface area contributed by atoms with Crippen LogP contribution in [0, 0.1) is 0 Å². The topological polar surface area (TPSA) is 46.3 Å². The van der Waals surface area contributed by atoms with Crippen LogP contribution in [-0.4, -0.2) is 10.3 Å². The van der Waals surface area contributed by atoms with E-state index in [-0.39, 0.29) is 0 Å². The highest BCUT2D eigenvalue weighted by Gasteiger charge is 2.15. The number of benzene rings is 2. The van der Waals surface area contributed by atoms with Crippen molar-refractivity contribution in [1.82, 2.24) is 5.16 Å². The van der Waals surface area contributed by atoms with Gasteiger partial charge in [-0.2, -0.15) is 0 Å². The van der Waals surface area contributed by atoms with Gasteiger partial charge in [0.15, 0.2) is 5.58 Å². The average molecular weight is 239 g/mol. The van der Waals surface area contributed by atoms with Gasteiger partial charge < -0.3 is 9.63 Å². The zero-order chi connectivity index (χ0) is 12.5.